The Bertz CT molecular complexity index is 478. The van der Waals surface area contributed by atoms with Crippen LogP contribution in [0.15, 0.2) is 16.3 Å². The fourth-order valence-corrected chi connectivity index (χ4v) is 3.62. The molecule has 0 amide bonds. The van der Waals surface area contributed by atoms with Gasteiger partial charge in [0.2, 0.25) is 10.0 Å². The fourth-order valence-electron chi connectivity index (χ4n) is 1.21. The molecule has 0 radical (unpaired) electrons. The van der Waals surface area contributed by atoms with Crippen LogP contribution in [-0.4, -0.2) is 26.0 Å². The van der Waals surface area contributed by atoms with Gasteiger partial charge >= 0.3 is 5.97 Å². The number of hydrogen-bond acceptors (Lipinski definition) is 4. The zero-order valence-corrected chi connectivity index (χ0v) is 11.1. The van der Waals surface area contributed by atoms with Gasteiger partial charge in [-0.1, -0.05) is 6.92 Å². The first-order chi connectivity index (χ1) is 7.95. The molecule has 0 aliphatic carbocycles. The Labute approximate surface area is 105 Å². The molecular formula is C10H15NO4S2. The van der Waals surface area contributed by atoms with Gasteiger partial charge in [0.15, 0.2) is 0 Å². The van der Waals surface area contributed by atoms with Crippen molar-refractivity contribution in [3.63, 3.8) is 0 Å². The molecule has 1 heterocycles. The first-order valence-corrected chi connectivity index (χ1v) is 7.56. The molecule has 17 heavy (non-hydrogen) atoms. The number of carboxylic acids is 1. The van der Waals surface area contributed by atoms with E-state index in [1.165, 1.54) is 11.3 Å². The Kier molecular flexibility index (Phi) is 5.10. The van der Waals surface area contributed by atoms with Crippen molar-refractivity contribution < 1.29 is 18.3 Å². The topological polar surface area (TPSA) is 83.5 Å². The molecule has 0 aliphatic heterocycles. The van der Waals surface area contributed by atoms with Crippen molar-refractivity contribution >= 4 is 27.3 Å². The van der Waals surface area contributed by atoms with E-state index < -0.39 is 16.0 Å². The molecule has 0 aromatic carbocycles. The number of carbonyl (C=O) groups is 1. The van der Waals surface area contributed by atoms with Gasteiger partial charge in [-0.25, -0.2) is 13.1 Å². The van der Waals surface area contributed by atoms with Crippen molar-refractivity contribution in [3.05, 3.63) is 17.0 Å². The summed E-state index contributed by atoms with van der Waals surface area (Å²) in [6, 6.07) is 3.36. The number of aliphatic carboxylic acids is 1. The van der Waals surface area contributed by atoms with Crippen LogP contribution in [0.25, 0.3) is 0 Å². The molecule has 1 aromatic rings. The van der Waals surface area contributed by atoms with Gasteiger partial charge < -0.3 is 5.11 Å². The van der Waals surface area contributed by atoms with Crippen LogP contribution < -0.4 is 4.72 Å². The Hall–Kier alpha value is -0.920. The second-order valence-electron chi connectivity index (χ2n) is 3.47. The van der Waals surface area contributed by atoms with Crippen LogP contribution in [0.5, 0.6) is 0 Å². The summed E-state index contributed by atoms with van der Waals surface area (Å²) in [7, 11) is -3.47. The molecule has 0 bridgehead atoms. The lowest BCUT2D eigenvalue weighted by Gasteiger charge is -2.03. The monoisotopic (exact) mass is 277 g/mol. The quantitative estimate of drug-likeness (QED) is 0.739. The highest BCUT2D eigenvalue weighted by molar-refractivity contribution is 7.91. The normalized spacial score (nSPS) is 11.6. The van der Waals surface area contributed by atoms with E-state index in [1.54, 1.807) is 12.1 Å². The summed E-state index contributed by atoms with van der Waals surface area (Å²) in [6.45, 7) is 2.11. The Balaban J connectivity index is 2.53. The number of carboxylic acid groups (broad SMARTS) is 1. The highest BCUT2D eigenvalue weighted by Gasteiger charge is 2.15. The fraction of sp³-hybridized carbons (Fsp3) is 0.500. The summed E-state index contributed by atoms with van der Waals surface area (Å²) in [5, 5.41) is 8.42. The first-order valence-electron chi connectivity index (χ1n) is 5.26. The van der Waals surface area contributed by atoms with Gasteiger partial charge in [-0.3, -0.25) is 4.79 Å². The van der Waals surface area contributed by atoms with E-state index in [4.69, 9.17) is 5.11 Å². The lowest BCUT2D eigenvalue weighted by molar-refractivity contribution is -0.137. The lowest BCUT2D eigenvalue weighted by Crippen LogP contribution is -2.24. The molecule has 0 saturated heterocycles. The summed E-state index contributed by atoms with van der Waals surface area (Å²) in [6.07, 6.45) is 1.06. The van der Waals surface area contributed by atoms with Crippen LogP contribution in [0.4, 0.5) is 0 Å². The molecule has 0 fully saturated rings. The third kappa shape index (κ3) is 4.45. The van der Waals surface area contributed by atoms with Crippen molar-refractivity contribution in [1.29, 1.82) is 0 Å². The molecule has 0 unspecified atom stereocenters. The van der Waals surface area contributed by atoms with E-state index in [0.29, 0.717) is 6.42 Å². The van der Waals surface area contributed by atoms with Gasteiger partial charge in [0.1, 0.15) is 4.21 Å². The van der Waals surface area contributed by atoms with E-state index in [-0.39, 0.29) is 17.2 Å². The maximum atomic E-state index is 11.8. The molecule has 5 nitrogen and oxygen atoms in total. The second-order valence-corrected chi connectivity index (χ2v) is 6.63. The Morgan fingerprint density at radius 1 is 1.47 bits per heavy atom. The minimum Gasteiger partial charge on any atom is -0.481 e. The minimum absolute atomic E-state index is 0.0346. The maximum absolute atomic E-state index is 11.8. The van der Waals surface area contributed by atoms with Crippen molar-refractivity contribution in [2.75, 3.05) is 6.54 Å². The molecule has 7 heteroatoms. The smallest absolute Gasteiger partial charge is 0.303 e. The van der Waals surface area contributed by atoms with Crippen LogP contribution in [0.1, 0.15) is 24.6 Å². The zero-order chi connectivity index (χ0) is 12.9. The van der Waals surface area contributed by atoms with Gasteiger partial charge in [-0.2, -0.15) is 0 Å². The van der Waals surface area contributed by atoms with Gasteiger partial charge in [-0.15, -0.1) is 11.3 Å². The zero-order valence-electron chi connectivity index (χ0n) is 9.47. The van der Waals surface area contributed by atoms with Crippen LogP contribution >= 0.6 is 11.3 Å². The summed E-state index contributed by atoms with van der Waals surface area (Å²) < 4.78 is 26.2. The number of aryl methyl sites for hydroxylation is 1. The van der Waals surface area contributed by atoms with Crippen LogP contribution in [0, 0.1) is 0 Å². The molecule has 0 atom stereocenters. The largest absolute Gasteiger partial charge is 0.481 e. The SMILES string of the molecule is CCc1ccc(S(=O)(=O)NCCCC(=O)O)s1. The number of hydrogen-bond donors (Lipinski definition) is 2. The average molecular weight is 277 g/mol. The van der Waals surface area contributed by atoms with Crippen LogP contribution in [0.3, 0.4) is 0 Å². The highest BCUT2D eigenvalue weighted by Crippen LogP contribution is 2.21. The molecular weight excluding hydrogens is 262 g/mol. The van der Waals surface area contributed by atoms with E-state index in [2.05, 4.69) is 4.72 Å². The molecule has 2 N–H and O–H groups in total. The lowest BCUT2D eigenvalue weighted by atomic mass is 10.3. The Morgan fingerprint density at radius 2 is 2.18 bits per heavy atom. The molecule has 0 spiro atoms. The maximum Gasteiger partial charge on any atom is 0.303 e. The standard InChI is InChI=1S/C10H15NO4S2/c1-2-8-5-6-10(16-8)17(14,15)11-7-3-4-9(12)13/h5-6,11H,2-4,7H2,1H3,(H,12,13). The third-order valence-electron chi connectivity index (χ3n) is 2.11. The van der Waals surface area contributed by atoms with Crippen LogP contribution in [-0.2, 0) is 21.2 Å². The van der Waals surface area contributed by atoms with Crippen molar-refractivity contribution in [3.8, 4) is 0 Å². The first kappa shape index (κ1) is 14.1. The molecule has 96 valence electrons. The van der Waals surface area contributed by atoms with Crippen molar-refractivity contribution in [1.82, 2.24) is 4.72 Å². The van der Waals surface area contributed by atoms with E-state index in [9.17, 15) is 13.2 Å². The summed E-state index contributed by atoms with van der Waals surface area (Å²) >= 11 is 1.24. The van der Waals surface area contributed by atoms with E-state index in [1.807, 2.05) is 6.92 Å². The van der Waals surface area contributed by atoms with Gasteiger partial charge in [0.05, 0.1) is 0 Å². The van der Waals surface area contributed by atoms with E-state index in [0.717, 1.165) is 11.3 Å². The highest BCUT2D eigenvalue weighted by atomic mass is 32.2. The van der Waals surface area contributed by atoms with Gasteiger partial charge in [-0.05, 0) is 25.0 Å². The Morgan fingerprint density at radius 3 is 2.71 bits per heavy atom. The summed E-state index contributed by atoms with van der Waals surface area (Å²) in [5.74, 6) is -0.923. The molecule has 1 aromatic heterocycles. The minimum atomic E-state index is -3.47. The molecule has 0 aliphatic rings. The number of sulfonamides is 1. The molecule has 0 saturated carbocycles. The predicted octanol–water partition coefficient (Wildman–Crippen LogP) is 1.45. The average Bonchev–Trinajstić information content (AvgIpc) is 2.73. The van der Waals surface area contributed by atoms with Gasteiger partial charge in [0, 0.05) is 17.8 Å². The number of rotatable bonds is 7. The van der Waals surface area contributed by atoms with E-state index >= 15 is 0 Å². The van der Waals surface area contributed by atoms with Crippen LogP contribution in [0.2, 0.25) is 0 Å². The number of nitrogens with one attached hydrogen (secondary N) is 1. The summed E-state index contributed by atoms with van der Waals surface area (Å²) in [5.41, 5.74) is 0. The molecule has 1 rings (SSSR count). The van der Waals surface area contributed by atoms with Gasteiger partial charge in [0.25, 0.3) is 0 Å². The second kappa shape index (κ2) is 6.13. The van der Waals surface area contributed by atoms with Crippen molar-refractivity contribution in [2.24, 2.45) is 0 Å². The predicted molar refractivity (Wildman–Crippen MR) is 65.8 cm³/mol. The third-order valence-corrected chi connectivity index (χ3v) is 5.29. The number of thiophene rings is 1. The van der Waals surface area contributed by atoms with Crippen molar-refractivity contribution in [2.45, 2.75) is 30.4 Å². The summed E-state index contributed by atoms with van der Waals surface area (Å²) in [4.78, 5) is 11.3.